The molecule has 0 amide bonds. The van der Waals surface area contributed by atoms with Gasteiger partial charge in [0.15, 0.2) is 0 Å². The highest BCUT2D eigenvalue weighted by atomic mass is 16.3. The molecule has 0 saturated heterocycles. The summed E-state index contributed by atoms with van der Waals surface area (Å²) >= 11 is 0. The van der Waals surface area contributed by atoms with Crippen LogP contribution in [0.4, 0.5) is 0 Å². The van der Waals surface area contributed by atoms with E-state index in [9.17, 15) is 5.11 Å². The van der Waals surface area contributed by atoms with E-state index < -0.39 is 0 Å². The van der Waals surface area contributed by atoms with Crippen molar-refractivity contribution in [2.24, 2.45) is 5.92 Å². The van der Waals surface area contributed by atoms with Gasteiger partial charge in [-0.3, -0.25) is 4.68 Å². The summed E-state index contributed by atoms with van der Waals surface area (Å²) in [6.45, 7) is 10.1. The van der Waals surface area contributed by atoms with E-state index in [2.05, 4.69) is 42.8 Å². The Bertz CT molecular complexity index is 435. The first-order chi connectivity index (χ1) is 9.54. The quantitative estimate of drug-likeness (QED) is 0.842. The number of rotatable bonds is 6. The smallest absolute Gasteiger partial charge is 0.0692 e. The topological polar surface area (TPSA) is 50.1 Å². The van der Waals surface area contributed by atoms with E-state index in [1.165, 1.54) is 36.9 Å². The predicted molar refractivity (Wildman–Crippen MR) is 81.8 cm³/mol. The highest BCUT2D eigenvalue weighted by Crippen LogP contribution is 2.28. The van der Waals surface area contributed by atoms with Gasteiger partial charge < -0.3 is 10.4 Å². The third kappa shape index (κ3) is 3.23. The minimum Gasteiger partial charge on any atom is -0.392 e. The van der Waals surface area contributed by atoms with E-state index in [-0.39, 0.29) is 12.1 Å². The summed E-state index contributed by atoms with van der Waals surface area (Å²) in [5.41, 5.74) is 3.62. The van der Waals surface area contributed by atoms with Crippen LogP contribution in [-0.2, 0) is 6.54 Å². The zero-order valence-electron chi connectivity index (χ0n) is 13.3. The van der Waals surface area contributed by atoms with E-state index in [1.54, 1.807) is 0 Å². The second-order valence-corrected chi connectivity index (χ2v) is 6.14. The van der Waals surface area contributed by atoms with Gasteiger partial charge in [-0.25, -0.2) is 0 Å². The molecule has 4 heteroatoms. The highest BCUT2D eigenvalue weighted by molar-refractivity contribution is 5.27. The lowest BCUT2D eigenvalue weighted by Gasteiger charge is -2.21. The zero-order chi connectivity index (χ0) is 14.7. The molecule has 0 radical (unpaired) electrons. The van der Waals surface area contributed by atoms with Gasteiger partial charge in [-0.05, 0) is 46.5 Å². The van der Waals surface area contributed by atoms with Crippen molar-refractivity contribution in [2.75, 3.05) is 6.54 Å². The lowest BCUT2D eigenvalue weighted by molar-refractivity contribution is 0.106. The molecule has 2 atom stereocenters. The number of aliphatic hydroxyl groups is 1. The first-order valence-corrected chi connectivity index (χ1v) is 8.00. The van der Waals surface area contributed by atoms with E-state index in [1.807, 2.05) is 0 Å². The van der Waals surface area contributed by atoms with Gasteiger partial charge in [0.2, 0.25) is 0 Å². The van der Waals surface area contributed by atoms with Crippen LogP contribution in [0.1, 0.15) is 62.5 Å². The molecule has 0 aliphatic heterocycles. The number of aliphatic hydroxyl groups excluding tert-OH is 1. The average Bonchev–Trinajstić information content (AvgIpc) is 3.04. The minimum atomic E-state index is -0.207. The van der Waals surface area contributed by atoms with Crippen molar-refractivity contribution in [2.45, 2.75) is 72.1 Å². The first-order valence-electron chi connectivity index (χ1n) is 8.00. The van der Waals surface area contributed by atoms with Crippen molar-refractivity contribution in [3.63, 3.8) is 0 Å². The molecule has 2 unspecified atom stereocenters. The summed E-state index contributed by atoms with van der Waals surface area (Å²) in [5, 5.41) is 18.3. The van der Waals surface area contributed by atoms with Crippen LogP contribution in [0, 0.1) is 19.8 Å². The summed E-state index contributed by atoms with van der Waals surface area (Å²) in [5.74, 6) is 0.496. The van der Waals surface area contributed by atoms with Gasteiger partial charge in [0.05, 0.1) is 11.8 Å². The Balaban J connectivity index is 1.94. The Morgan fingerprint density at radius 2 is 2.00 bits per heavy atom. The lowest BCUT2D eigenvalue weighted by atomic mass is 10.00. The number of aryl methyl sites for hydroxylation is 2. The maximum absolute atomic E-state index is 10.3. The van der Waals surface area contributed by atoms with Crippen molar-refractivity contribution in [3.8, 4) is 0 Å². The summed E-state index contributed by atoms with van der Waals surface area (Å²) in [4.78, 5) is 0. The summed E-state index contributed by atoms with van der Waals surface area (Å²) in [7, 11) is 0. The molecule has 1 heterocycles. The largest absolute Gasteiger partial charge is 0.392 e. The Hall–Kier alpha value is -0.870. The third-order valence-corrected chi connectivity index (χ3v) is 4.75. The molecule has 1 saturated carbocycles. The van der Waals surface area contributed by atoms with Gasteiger partial charge in [0.1, 0.15) is 0 Å². The molecule has 1 aliphatic rings. The second kappa shape index (κ2) is 6.72. The van der Waals surface area contributed by atoms with Crippen LogP contribution >= 0.6 is 0 Å². The molecule has 20 heavy (non-hydrogen) atoms. The zero-order valence-corrected chi connectivity index (χ0v) is 13.3. The van der Waals surface area contributed by atoms with E-state index in [0.717, 1.165) is 12.2 Å². The molecule has 1 aliphatic carbocycles. The van der Waals surface area contributed by atoms with Gasteiger partial charge in [0.25, 0.3) is 0 Å². The van der Waals surface area contributed by atoms with Crippen molar-refractivity contribution in [3.05, 3.63) is 17.0 Å². The van der Waals surface area contributed by atoms with Crippen molar-refractivity contribution in [1.29, 1.82) is 0 Å². The summed E-state index contributed by atoms with van der Waals surface area (Å²) < 4.78 is 2.05. The predicted octanol–water partition coefficient (Wildman–Crippen LogP) is 2.72. The highest BCUT2D eigenvalue weighted by Gasteiger charge is 2.24. The van der Waals surface area contributed by atoms with Crippen LogP contribution < -0.4 is 5.32 Å². The molecule has 4 nitrogen and oxygen atoms in total. The third-order valence-electron chi connectivity index (χ3n) is 4.75. The number of hydrogen-bond acceptors (Lipinski definition) is 3. The van der Waals surface area contributed by atoms with E-state index in [0.29, 0.717) is 12.5 Å². The number of nitrogens with one attached hydrogen (secondary N) is 1. The second-order valence-electron chi connectivity index (χ2n) is 6.14. The van der Waals surface area contributed by atoms with Gasteiger partial charge in [-0.1, -0.05) is 12.8 Å². The fraction of sp³-hybridized carbons (Fsp3) is 0.812. The van der Waals surface area contributed by atoms with Crippen LogP contribution in [0.15, 0.2) is 0 Å². The van der Waals surface area contributed by atoms with E-state index >= 15 is 0 Å². The fourth-order valence-corrected chi connectivity index (χ4v) is 3.55. The van der Waals surface area contributed by atoms with Crippen molar-refractivity contribution in [1.82, 2.24) is 15.1 Å². The van der Waals surface area contributed by atoms with Crippen LogP contribution in [-0.4, -0.2) is 27.5 Å². The average molecular weight is 279 g/mol. The monoisotopic (exact) mass is 279 g/mol. The van der Waals surface area contributed by atoms with Crippen LogP contribution in [0.25, 0.3) is 0 Å². The number of aromatic nitrogens is 2. The first kappa shape index (κ1) is 15.5. The number of nitrogens with zero attached hydrogens (tertiary/aromatic N) is 2. The molecule has 0 aromatic carbocycles. The molecule has 1 aromatic heterocycles. The molecular formula is C16H29N3O. The van der Waals surface area contributed by atoms with Crippen LogP contribution in [0.2, 0.25) is 0 Å². The molecule has 114 valence electrons. The SMILES string of the molecule is CCn1nc(C)c(C(C)NCC(O)C2CCCC2)c1C. The van der Waals surface area contributed by atoms with Crippen LogP contribution in [0.3, 0.4) is 0 Å². The minimum absolute atomic E-state index is 0.207. The maximum atomic E-state index is 10.3. The molecule has 1 aromatic rings. The Morgan fingerprint density at radius 1 is 1.35 bits per heavy atom. The number of hydrogen-bond donors (Lipinski definition) is 2. The summed E-state index contributed by atoms with van der Waals surface area (Å²) in [6, 6.07) is 0.242. The molecular weight excluding hydrogens is 250 g/mol. The van der Waals surface area contributed by atoms with Gasteiger partial charge >= 0.3 is 0 Å². The van der Waals surface area contributed by atoms with Gasteiger partial charge in [0, 0.05) is 30.4 Å². The Kier molecular flexibility index (Phi) is 5.22. The molecule has 1 fully saturated rings. The normalized spacial score (nSPS) is 19.4. The fourth-order valence-electron chi connectivity index (χ4n) is 3.55. The molecule has 2 rings (SSSR count). The van der Waals surface area contributed by atoms with Gasteiger partial charge in [-0.15, -0.1) is 0 Å². The Morgan fingerprint density at radius 3 is 2.55 bits per heavy atom. The summed E-state index contributed by atoms with van der Waals surface area (Å²) in [6.07, 6.45) is 4.71. The lowest BCUT2D eigenvalue weighted by Crippen LogP contribution is -2.33. The maximum Gasteiger partial charge on any atom is 0.0692 e. The molecule has 0 spiro atoms. The Labute approximate surface area is 122 Å². The van der Waals surface area contributed by atoms with E-state index in [4.69, 9.17) is 0 Å². The van der Waals surface area contributed by atoms with Gasteiger partial charge in [-0.2, -0.15) is 5.10 Å². The van der Waals surface area contributed by atoms with Crippen molar-refractivity contribution >= 4 is 0 Å². The molecule has 2 N–H and O–H groups in total. The standard InChI is InChI=1S/C16H29N3O/c1-5-19-13(4)16(12(3)18-19)11(2)17-10-15(20)14-8-6-7-9-14/h11,14-15,17,20H,5-10H2,1-4H3. The van der Waals surface area contributed by atoms with Crippen LogP contribution in [0.5, 0.6) is 0 Å². The molecule has 0 bridgehead atoms. The van der Waals surface area contributed by atoms with Crippen molar-refractivity contribution < 1.29 is 5.11 Å².